The molecule has 0 amide bonds. The number of aliphatic hydroxyl groups excluding tert-OH is 1. The first-order valence-corrected chi connectivity index (χ1v) is 4.09. The number of aliphatic hydroxyl groups is 1. The van der Waals surface area contributed by atoms with Crippen LogP contribution in [-0.4, -0.2) is 17.5 Å². The summed E-state index contributed by atoms with van der Waals surface area (Å²) in [5.41, 5.74) is 0.779. The Balaban J connectivity index is 2.50. The van der Waals surface area contributed by atoms with Crippen LogP contribution in [0.2, 0.25) is 0 Å². The number of ketones is 1. The second kappa shape index (κ2) is 4.72. The zero-order valence-corrected chi connectivity index (χ0v) is 7.16. The third-order valence-corrected chi connectivity index (χ3v) is 1.76. The SMILES string of the molecule is O=C(CO)CCc1cccc(F)c1. The molecule has 0 bridgehead atoms. The molecule has 1 N–H and O–H groups in total. The lowest BCUT2D eigenvalue weighted by atomic mass is 10.1. The molecule has 0 aliphatic heterocycles. The highest BCUT2D eigenvalue weighted by molar-refractivity contribution is 5.79. The first-order valence-electron chi connectivity index (χ1n) is 4.09. The van der Waals surface area contributed by atoms with Crippen LogP contribution in [0.15, 0.2) is 24.3 Å². The molecule has 3 heteroatoms. The first-order chi connectivity index (χ1) is 6.22. The Labute approximate surface area is 76.0 Å². The molecule has 1 aromatic carbocycles. The predicted octanol–water partition coefficient (Wildman–Crippen LogP) is 1.32. The molecule has 0 saturated heterocycles. The smallest absolute Gasteiger partial charge is 0.158 e. The maximum atomic E-state index is 12.6. The second-order valence-corrected chi connectivity index (χ2v) is 2.83. The fraction of sp³-hybridized carbons (Fsp3) is 0.300. The van der Waals surface area contributed by atoms with Gasteiger partial charge < -0.3 is 5.11 Å². The first kappa shape index (κ1) is 9.86. The van der Waals surface area contributed by atoms with Crippen molar-refractivity contribution in [3.8, 4) is 0 Å². The molecule has 1 rings (SSSR count). The molecule has 0 atom stereocenters. The van der Waals surface area contributed by atoms with E-state index in [4.69, 9.17) is 5.11 Å². The van der Waals surface area contributed by atoms with E-state index in [2.05, 4.69) is 0 Å². The summed E-state index contributed by atoms with van der Waals surface area (Å²) < 4.78 is 12.6. The van der Waals surface area contributed by atoms with Crippen molar-refractivity contribution in [1.82, 2.24) is 0 Å². The zero-order valence-electron chi connectivity index (χ0n) is 7.16. The molecule has 0 heterocycles. The number of rotatable bonds is 4. The summed E-state index contributed by atoms with van der Waals surface area (Å²) >= 11 is 0. The van der Waals surface area contributed by atoms with Gasteiger partial charge in [0.2, 0.25) is 0 Å². The average molecular weight is 182 g/mol. The van der Waals surface area contributed by atoms with Crippen molar-refractivity contribution in [3.63, 3.8) is 0 Å². The third-order valence-electron chi connectivity index (χ3n) is 1.76. The summed E-state index contributed by atoms with van der Waals surface area (Å²) in [6.07, 6.45) is 0.747. The van der Waals surface area contributed by atoms with E-state index in [1.807, 2.05) is 0 Å². The molecular formula is C10H11FO2. The van der Waals surface area contributed by atoms with Crippen LogP contribution in [0, 0.1) is 5.82 Å². The number of carbonyl (C=O) groups is 1. The number of Topliss-reactive ketones (excluding diaryl/α,β-unsaturated/α-hetero) is 1. The summed E-state index contributed by atoms with van der Waals surface area (Å²) in [4.78, 5) is 10.7. The number of aryl methyl sites for hydroxylation is 1. The topological polar surface area (TPSA) is 37.3 Å². The Kier molecular flexibility index (Phi) is 3.58. The van der Waals surface area contributed by atoms with Gasteiger partial charge in [-0.3, -0.25) is 4.79 Å². The van der Waals surface area contributed by atoms with Crippen molar-refractivity contribution >= 4 is 5.78 Å². The van der Waals surface area contributed by atoms with E-state index in [1.165, 1.54) is 12.1 Å². The Bertz CT molecular complexity index is 297. The monoisotopic (exact) mass is 182 g/mol. The maximum Gasteiger partial charge on any atom is 0.158 e. The van der Waals surface area contributed by atoms with Crippen LogP contribution in [0.25, 0.3) is 0 Å². The molecule has 0 aliphatic carbocycles. The van der Waals surface area contributed by atoms with Gasteiger partial charge in [-0.15, -0.1) is 0 Å². The highest BCUT2D eigenvalue weighted by Gasteiger charge is 2.00. The maximum absolute atomic E-state index is 12.6. The van der Waals surface area contributed by atoms with E-state index in [0.717, 1.165) is 5.56 Å². The van der Waals surface area contributed by atoms with Crippen LogP contribution < -0.4 is 0 Å². The number of halogens is 1. The van der Waals surface area contributed by atoms with Crippen LogP contribution >= 0.6 is 0 Å². The van der Waals surface area contributed by atoms with Crippen molar-refractivity contribution in [3.05, 3.63) is 35.6 Å². The minimum Gasteiger partial charge on any atom is -0.389 e. The summed E-state index contributed by atoms with van der Waals surface area (Å²) in [5, 5.41) is 8.44. The molecule has 13 heavy (non-hydrogen) atoms. The van der Waals surface area contributed by atoms with Gasteiger partial charge in [-0.1, -0.05) is 12.1 Å². The molecule has 0 saturated carbocycles. The minimum atomic E-state index is -0.435. The van der Waals surface area contributed by atoms with Crippen LogP contribution in [0.4, 0.5) is 4.39 Å². The molecule has 0 radical (unpaired) electrons. The molecular weight excluding hydrogens is 171 g/mol. The molecule has 0 spiro atoms. The standard InChI is InChI=1S/C10H11FO2/c11-9-3-1-2-8(6-9)4-5-10(13)7-12/h1-3,6,12H,4-5,7H2. The van der Waals surface area contributed by atoms with Gasteiger partial charge >= 0.3 is 0 Å². The predicted molar refractivity (Wildman–Crippen MR) is 46.8 cm³/mol. The van der Waals surface area contributed by atoms with E-state index in [-0.39, 0.29) is 18.0 Å². The Morgan fingerprint density at radius 1 is 1.46 bits per heavy atom. The minimum absolute atomic E-state index is 0.218. The molecule has 70 valence electrons. The van der Waals surface area contributed by atoms with Gasteiger partial charge in [0.1, 0.15) is 12.4 Å². The lowest BCUT2D eigenvalue weighted by molar-refractivity contribution is -0.121. The molecule has 0 aromatic heterocycles. The molecule has 0 aliphatic rings. The molecule has 0 fully saturated rings. The van der Waals surface area contributed by atoms with Gasteiger partial charge in [0.25, 0.3) is 0 Å². The van der Waals surface area contributed by atoms with E-state index < -0.39 is 6.61 Å². The summed E-state index contributed by atoms with van der Waals surface area (Å²) in [5.74, 6) is -0.516. The fourth-order valence-corrected chi connectivity index (χ4v) is 1.06. The van der Waals surface area contributed by atoms with Crippen molar-refractivity contribution in [2.24, 2.45) is 0 Å². The van der Waals surface area contributed by atoms with Crippen LogP contribution in [0.1, 0.15) is 12.0 Å². The third kappa shape index (κ3) is 3.34. The van der Waals surface area contributed by atoms with Crippen molar-refractivity contribution in [2.75, 3.05) is 6.61 Å². The van der Waals surface area contributed by atoms with Crippen molar-refractivity contribution < 1.29 is 14.3 Å². The molecule has 2 nitrogen and oxygen atoms in total. The van der Waals surface area contributed by atoms with Gasteiger partial charge in [-0.25, -0.2) is 4.39 Å². The number of hydrogen-bond donors (Lipinski definition) is 1. The van der Waals surface area contributed by atoms with Gasteiger partial charge in [-0.2, -0.15) is 0 Å². The summed E-state index contributed by atoms with van der Waals surface area (Å²) in [7, 11) is 0. The largest absolute Gasteiger partial charge is 0.389 e. The highest BCUT2D eigenvalue weighted by atomic mass is 19.1. The van der Waals surface area contributed by atoms with Crippen LogP contribution in [0.5, 0.6) is 0 Å². The Morgan fingerprint density at radius 3 is 2.85 bits per heavy atom. The Morgan fingerprint density at radius 2 is 2.23 bits per heavy atom. The van der Waals surface area contributed by atoms with Crippen LogP contribution in [-0.2, 0) is 11.2 Å². The lowest BCUT2D eigenvalue weighted by Crippen LogP contribution is -2.04. The van der Waals surface area contributed by atoms with Crippen molar-refractivity contribution in [2.45, 2.75) is 12.8 Å². The number of carbonyl (C=O) groups excluding carboxylic acids is 1. The van der Waals surface area contributed by atoms with Crippen molar-refractivity contribution in [1.29, 1.82) is 0 Å². The fourth-order valence-electron chi connectivity index (χ4n) is 1.06. The molecule has 0 unspecified atom stereocenters. The van der Waals surface area contributed by atoms with Gasteiger partial charge in [-0.05, 0) is 24.1 Å². The van der Waals surface area contributed by atoms with Gasteiger partial charge in [0, 0.05) is 6.42 Å². The van der Waals surface area contributed by atoms with E-state index in [9.17, 15) is 9.18 Å². The van der Waals surface area contributed by atoms with Gasteiger partial charge in [0.15, 0.2) is 5.78 Å². The lowest BCUT2D eigenvalue weighted by Gasteiger charge is -1.99. The van der Waals surface area contributed by atoms with Gasteiger partial charge in [0.05, 0.1) is 0 Å². The normalized spacial score (nSPS) is 10.0. The second-order valence-electron chi connectivity index (χ2n) is 2.83. The summed E-state index contributed by atoms with van der Waals surface area (Å²) in [6, 6.07) is 6.11. The highest BCUT2D eigenvalue weighted by Crippen LogP contribution is 2.06. The number of hydrogen-bond acceptors (Lipinski definition) is 2. The summed E-state index contributed by atoms with van der Waals surface area (Å²) in [6.45, 7) is -0.435. The number of benzene rings is 1. The average Bonchev–Trinajstić information content (AvgIpc) is 2.14. The molecule has 1 aromatic rings. The van der Waals surface area contributed by atoms with E-state index >= 15 is 0 Å². The quantitative estimate of drug-likeness (QED) is 0.762. The Hall–Kier alpha value is -1.22. The van der Waals surface area contributed by atoms with E-state index in [0.29, 0.717) is 6.42 Å². The van der Waals surface area contributed by atoms with E-state index in [1.54, 1.807) is 12.1 Å². The zero-order chi connectivity index (χ0) is 9.68. The van der Waals surface area contributed by atoms with Crippen LogP contribution in [0.3, 0.4) is 0 Å².